The standard InChI is InChI=1S/C12H20O/c1-11(2,3)9-7-6-8-12(4,5)10(9)13/h6-8,10,13H,1-5H3. The number of hydrogen-bond donors (Lipinski definition) is 1. The molecule has 1 aliphatic carbocycles. The largest absolute Gasteiger partial charge is 0.388 e. The molecule has 1 rings (SSSR count). The summed E-state index contributed by atoms with van der Waals surface area (Å²) in [6, 6.07) is 0. The summed E-state index contributed by atoms with van der Waals surface area (Å²) >= 11 is 0. The molecule has 1 heteroatoms. The minimum Gasteiger partial charge on any atom is -0.388 e. The Morgan fingerprint density at radius 1 is 1.31 bits per heavy atom. The molecule has 13 heavy (non-hydrogen) atoms. The molecule has 0 bridgehead atoms. The Kier molecular flexibility index (Phi) is 2.42. The first-order chi connectivity index (χ1) is 5.75. The Morgan fingerprint density at radius 3 is 2.23 bits per heavy atom. The number of hydrogen-bond acceptors (Lipinski definition) is 1. The summed E-state index contributed by atoms with van der Waals surface area (Å²) < 4.78 is 0. The molecular formula is C12H20O. The summed E-state index contributed by atoms with van der Waals surface area (Å²) in [5.74, 6) is 0. The van der Waals surface area contributed by atoms with E-state index in [0.717, 1.165) is 5.57 Å². The second-order valence-corrected chi connectivity index (χ2v) is 5.46. The quantitative estimate of drug-likeness (QED) is 0.607. The van der Waals surface area contributed by atoms with Crippen LogP contribution in [0.3, 0.4) is 0 Å². The minimum atomic E-state index is -0.350. The van der Waals surface area contributed by atoms with Crippen LogP contribution in [0.15, 0.2) is 23.8 Å². The van der Waals surface area contributed by atoms with Gasteiger partial charge in [-0.25, -0.2) is 0 Å². The SMILES string of the molecule is CC(C)(C)C1=CC=CC(C)(C)C1O. The van der Waals surface area contributed by atoms with E-state index in [4.69, 9.17) is 0 Å². The maximum absolute atomic E-state index is 10.1. The van der Waals surface area contributed by atoms with Gasteiger partial charge < -0.3 is 5.11 Å². The van der Waals surface area contributed by atoms with Crippen molar-refractivity contribution < 1.29 is 5.11 Å². The Hall–Kier alpha value is -0.560. The van der Waals surface area contributed by atoms with Gasteiger partial charge in [0.05, 0.1) is 6.10 Å². The summed E-state index contributed by atoms with van der Waals surface area (Å²) in [7, 11) is 0. The van der Waals surface area contributed by atoms with Crippen molar-refractivity contribution in [1.29, 1.82) is 0 Å². The van der Waals surface area contributed by atoms with Crippen LogP contribution in [0.4, 0.5) is 0 Å². The van der Waals surface area contributed by atoms with Crippen LogP contribution in [-0.2, 0) is 0 Å². The molecular weight excluding hydrogens is 160 g/mol. The molecule has 0 amide bonds. The van der Waals surface area contributed by atoms with Crippen LogP contribution in [-0.4, -0.2) is 11.2 Å². The van der Waals surface area contributed by atoms with Gasteiger partial charge in [0, 0.05) is 5.41 Å². The van der Waals surface area contributed by atoms with E-state index in [1.165, 1.54) is 0 Å². The first kappa shape index (κ1) is 10.5. The number of aliphatic hydroxyl groups is 1. The Morgan fingerprint density at radius 2 is 1.85 bits per heavy atom. The van der Waals surface area contributed by atoms with Crippen molar-refractivity contribution in [2.45, 2.75) is 40.7 Å². The molecule has 1 aliphatic rings. The van der Waals surface area contributed by atoms with E-state index in [1.54, 1.807) is 0 Å². The number of aliphatic hydroxyl groups excluding tert-OH is 1. The zero-order valence-electron chi connectivity index (χ0n) is 9.26. The highest BCUT2D eigenvalue weighted by Gasteiger charge is 2.34. The number of allylic oxidation sites excluding steroid dienone is 2. The first-order valence-corrected chi connectivity index (χ1v) is 4.83. The summed E-state index contributed by atoms with van der Waals surface area (Å²) in [4.78, 5) is 0. The van der Waals surface area contributed by atoms with Gasteiger partial charge in [-0.05, 0) is 11.0 Å². The molecule has 0 saturated carbocycles. The lowest BCUT2D eigenvalue weighted by Crippen LogP contribution is -2.35. The van der Waals surface area contributed by atoms with Gasteiger partial charge in [0.2, 0.25) is 0 Å². The Bertz CT molecular complexity index is 251. The smallest absolute Gasteiger partial charge is 0.0843 e. The van der Waals surface area contributed by atoms with E-state index in [9.17, 15) is 5.11 Å². The average Bonchev–Trinajstić information content (AvgIpc) is 1.92. The maximum atomic E-state index is 10.1. The van der Waals surface area contributed by atoms with Gasteiger partial charge in [0.15, 0.2) is 0 Å². The van der Waals surface area contributed by atoms with Gasteiger partial charge in [0.25, 0.3) is 0 Å². The molecule has 0 aromatic carbocycles. The average molecular weight is 180 g/mol. The third-order valence-corrected chi connectivity index (χ3v) is 2.67. The molecule has 0 aliphatic heterocycles. The lowest BCUT2D eigenvalue weighted by molar-refractivity contribution is 0.0944. The highest BCUT2D eigenvalue weighted by Crippen LogP contribution is 2.39. The fourth-order valence-electron chi connectivity index (χ4n) is 1.64. The molecule has 1 nitrogen and oxygen atoms in total. The van der Waals surface area contributed by atoms with Crippen molar-refractivity contribution in [2.24, 2.45) is 10.8 Å². The first-order valence-electron chi connectivity index (χ1n) is 4.83. The van der Waals surface area contributed by atoms with Gasteiger partial charge in [-0.3, -0.25) is 0 Å². The van der Waals surface area contributed by atoms with E-state index >= 15 is 0 Å². The van der Waals surface area contributed by atoms with E-state index in [2.05, 4.69) is 40.7 Å². The molecule has 0 radical (unpaired) electrons. The van der Waals surface area contributed by atoms with Crippen LogP contribution in [0, 0.1) is 10.8 Å². The van der Waals surface area contributed by atoms with Gasteiger partial charge in [-0.1, -0.05) is 52.8 Å². The molecule has 0 fully saturated rings. The van der Waals surface area contributed by atoms with Crippen molar-refractivity contribution in [3.05, 3.63) is 23.8 Å². The summed E-state index contributed by atoms with van der Waals surface area (Å²) in [5, 5.41) is 10.1. The highest BCUT2D eigenvalue weighted by molar-refractivity contribution is 5.30. The molecule has 1 atom stereocenters. The molecule has 0 saturated heterocycles. The van der Waals surface area contributed by atoms with Crippen LogP contribution in [0.1, 0.15) is 34.6 Å². The lowest BCUT2D eigenvalue weighted by atomic mass is 9.71. The second kappa shape index (κ2) is 2.98. The van der Waals surface area contributed by atoms with Crippen LogP contribution in [0.25, 0.3) is 0 Å². The molecule has 1 N–H and O–H groups in total. The van der Waals surface area contributed by atoms with E-state index in [-0.39, 0.29) is 16.9 Å². The molecule has 0 aromatic rings. The van der Waals surface area contributed by atoms with Crippen molar-refractivity contribution in [3.63, 3.8) is 0 Å². The van der Waals surface area contributed by atoms with Crippen LogP contribution in [0.5, 0.6) is 0 Å². The monoisotopic (exact) mass is 180 g/mol. The predicted molar refractivity (Wildman–Crippen MR) is 56.5 cm³/mol. The van der Waals surface area contributed by atoms with Crippen molar-refractivity contribution >= 4 is 0 Å². The van der Waals surface area contributed by atoms with Crippen molar-refractivity contribution in [3.8, 4) is 0 Å². The predicted octanol–water partition coefficient (Wildman–Crippen LogP) is 2.92. The molecule has 0 heterocycles. The maximum Gasteiger partial charge on any atom is 0.0843 e. The second-order valence-electron chi connectivity index (χ2n) is 5.46. The topological polar surface area (TPSA) is 20.2 Å². The molecule has 0 spiro atoms. The normalized spacial score (nSPS) is 27.2. The zero-order valence-corrected chi connectivity index (χ0v) is 9.26. The Labute approximate surface area is 81.2 Å². The van der Waals surface area contributed by atoms with E-state index < -0.39 is 0 Å². The minimum absolute atomic E-state index is 0.0570. The fraction of sp³-hybridized carbons (Fsp3) is 0.667. The van der Waals surface area contributed by atoms with E-state index in [0.29, 0.717) is 0 Å². The van der Waals surface area contributed by atoms with Crippen LogP contribution in [0.2, 0.25) is 0 Å². The van der Waals surface area contributed by atoms with E-state index in [1.807, 2.05) is 12.2 Å². The lowest BCUT2D eigenvalue weighted by Gasteiger charge is -2.37. The summed E-state index contributed by atoms with van der Waals surface area (Å²) in [6.07, 6.45) is 5.80. The van der Waals surface area contributed by atoms with Crippen molar-refractivity contribution in [2.75, 3.05) is 0 Å². The van der Waals surface area contributed by atoms with Crippen LogP contribution < -0.4 is 0 Å². The van der Waals surface area contributed by atoms with Crippen LogP contribution >= 0.6 is 0 Å². The molecule has 1 unspecified atom stereocenters. The van der Waals surface area contributed by atoms with Gasteiger partial charge in [-0.15, -0.1) is 0 Å². The summed E-state index contributed by atoms with van der Waals surface area (Å²) in [6.45, 7) is 10.5. The highest BCUT2D eigenvalue weighted by atomic mass is 16.3. The van der Waals surface area contributed by atoms with Crippen molar-refractivity contribution in [1.82, 2.24) is 0 Å². The third-order valence-electron chi connectivity index (χ3n) is 2.67. The zero-order chi connectivity index (χ0) is 10.3. The summed E-state index contributed by atoms with van der Waals surface area (Å²) in [5.41, 5.74) is 1.05. The Balaban J connectivity index is 3.02. The molecule has 74 valence electrons. The van der Waals surface area contributed by atoms with Gasteiger partial charge >= 0.3 is 0 Å². The third kappa shape index (κ3) is 2.02. The number of rotatable bonds is 0. The fourth-order valence-corrected chi connectivity index (χ4v) is 1.64. The van der Waals surface area contributed by atoms with Gasteiger partial charge in [0.1, 0.15) is 0 Å². The molecule has 0 aromatic heterocycles. The van der Waals surface area contributed by atoms with Gasteiger partial charge in [-0.2, -0.15) is 0 Å².